The monoisotopic (exact) mass is 222 g/mol. The fourth-order valence-electron chi connectivity index (χ4n) is 1.70. The molecule has 5 heteroatoms. The molecule has 1 saturated heterocycles. The van der Waals surface area contributed by atoms with Gasteiger partial charge in [0.2, 0.25) is 11.8 Å². The van der Waals surface area contributed by atoms with E-state index >= 15 is 0 Å². The van der Waals surface area contributed by atoms with Gasteiger partial charge in [-0.05, 0) is 19.4 Å². The molecule has 0 bridgehead atoms. The van der Waals surface area contributed by atoms with Crippen molar-refractivity contribution in [3.63, 3.8) is 0 Å². The number of aromatic nitrogens is 2. The lowest BCUT2D eigenvalue weighted by molar-refractivity contribution is 0.160. The van der Waals surface area contributed by atoms with Crippen LogP contribution in [0.1, 0.15) is 12.8 Å². The average Bonchev–Trinajstić information content (AvgIpc) is 2.30. The van der Waals surface area contributed by atoms with Crippen LogP contribution in [-0.4, -0.2) is 43.3 Å². The topological polar surface area (TPSA) is 50.3 Å². The van der Waals surface area contributed by atoms with E-state index in [1.165, 1.54) is 0 Å². The van der Waals surface area contributed by atoms with Gasteiger partial charge in [-0.2, -0.15) is 4.98 Å². The van der Waals surface area contributed by atoms with Gasteiger partial charge >= 0.3 is 0 Å². The summed E-state index contributed by atoms with van der Waals surface area (Å²) < 4.78 is 5.81. The standard InChI is InChI=1S/C11H18N4O/c1-15(2)11-13-7-5-10(14-11)16-9-4-3-6-12-8-9/h5,7,9,12H,3-4,6,8H2,1-2H3. The van der Waals surface area contributed by atoms with E-state index in [2.05, 4.69) is 15.3 Å². The zero-order chi connectivity index (χ0) is 11.4. The van der Waals surface area contributed by atoms with E-state index in [0.29, 0.717) is 11.8 Å². The molecule has 88 valence electrons. The van der Waals surface area contributed by atoms with E-state index in [1.807, 2.05) is 25.1 Å². The Morgan fingerprint density at radius 3 is 3.06 bits per heavy atom. The zero-order valence-electron chi connectivity index (χ0n) is 9.81. The lowest BCUT2D eigenvalue weighted by Gasteiger charge is -2.23. The van der Waals surface area contributed by atoms with Gasteiger partial charge < -0.3 is 15.0 Å². The van der Waals surface area contributed by atoms with Crippen LogP contribution in [0.2, 0.25) is 0 Å². The number of hydrogen-bond donors (Lipinski definition) is 1. The van der Waals surface area contributed by atoms with Crippen molar-refractivity contribution >= 4 is 5.95 Å². The van der Waals surface area contributed by atoms with E-state index in [0.717, 1.165) is 25.9 Å². The average molecular weight is 222 g/mol. The first kappa shape index (κ1) is 11.1. The van der Waals surface area contributed by atoms with E-state index in [1.54, 1.807) is 6.20 Å². The maximum absolute atomic E-state index is 5.81. The SMILES string of the molecule is CN(C)c1nccc(OC2CCCNC2)n1. The number of ether oxygens (including phenoxy) is 1. The van der Waals surface area contributed by atoms with Crippen molar-refractivity contribution in [1.82, 2.24) is 15.3 Å². The Hall–Kier alpha value is -1.36. The lowest BCUT2D eigenvalue weighted by atomic mass is 10.1. The lowest BCUT2D eigenvalue weighted by Crippen LogP contribution is -2.37. The summed E-state index contributed by atoms with van der Waals surface area (Å²) in [5, 5.41) is 3.31. The van der Waals surface area contributed by atoms with Gasteiger partial charge in [0.25, 0.3) is 0 Å². The number of nitrogens with zero attached hydrogens (tertiary/aromatic N) is 3. The van der Waals surface area contributed by atoms with Crippen LogP contribution in [0.25, 0.3) is 0 Å². The number of nitrogens with one attached hydrogen (secondary N) is 1. The van der Waals surface area contributed by atoms with Gasteiger partial charge in [-0.25, -0.2) is 4.98 Å². The Labute approximate surface area is 95.8 Å². The molecule has 1 fully saturated rings. The summed E-state index contributed by atoms with van der Waals surface area (Å²) in [4.78, 5) is 10.3. The molecule has 1 aromatic rings. The molecule has 1 unspecified atom stereocenters. The third-order valence-electron chi connectivity index (χ3n) is 2.56. The molecule has 1 aliphatic rings. The molecule has 16 heavy (non-hydrogen) atoms. The number of anilines is 1. The van der Waals surface area contributed by atoms with Crippen LogP contribution in [0.15, 0.2) is 12.3 Å². The molecule has 1 N–H and O–H groups in total. The molecule has 0 saturated carbocycles. The maximum atomic E-state index is 5.81. The van der Waals surface area contributed by atoms with Gasteiger partial charge in [0, 0.05) is 32.9 Å². The first-order chi connectivity index (χ1) is 7.75. The Bertz CT molecular complexity index is 337. The van der Waals surface area contributed by atoms with E-state index < -0.39 is 0 Å². The highest BCUT2D eigenvalue weighted by Crippen LogP contribution is 2.14. The Morgan fingerprint density at radius 1 is 1.50 bits per heavy atom. The highest BCUT2D eigenvalue weighted by molar-refractivity contribution is 5.29. The van der Waals surface area contributed by atoms with Gasteiger partial charge in [-0.15, -0.1) is 0 Å². The quantitative estimate of drug-likeness (QED) is 0.814. The van der Waals surface area contributed by atoms with Crippen molar-refractivity contribution in [1.29, 1.82) is 0 Å². The Kier molecular flexibility index (Phi) is 3.56. The summed E-state index contributed by atoms with van der Waals surface area (Å²) in [5.74, 6) is 1.34. The van der Waals surface area contributed by atoms with Crippen molar-refractivity contribution in [2.75, 3.05) is 32.1 Å². The number of rotatable bonds is 3. The van der Waals surface area contributed by atoms with E-state index in [-0.39, 0.29) is 6.10 Å². The molecule has 0 radical (unpaired) electrons. The number of piperidine rings is 1. The smallest absolute Gasteiger partial charge is 0.228 e. The molecule has 1 aliphatic heterocycles. The van der Waals surface area contributed by atoms with Crippen molar-refractivity contribution < 1.29 is 4.74 Å². The second kappa shape index (κ2) is 5.12. The second-order valence-electron chi connectivity index (χ2n) is 4.18. The molecule has 0 aliphatic carbocycles. The Balaban J connectivity index is 2.00. The van der Waals surface area contributed by atoms with E-state index in [9.17, 15) is 0 Å². The van der Waals surface area contributed by atoms with Crippen LogP contribution in [0.5, 0.6) is 5.88 Å². The molecule has 5 nitrogen and oxygen atoms in total. The van der Waals surface area contributed by atoms with Crippen LogP contribution in [0.4, 0.5) is 5.95 Å². The highest BCUT2D eigenvalue weighted by Gasteiger charge is 2.15. The van der Waals surface area contributed by atoms with Crippen molar-refractivity contribution in [3.8, 4) is 5.88 Å². The van der Waals surface area contributed by atoms with Crippen LogP contribution in [0.3, 0.4) is 0 Å². The van der Waals surface area contributed by atoms with Crippen molar-refractivity contribution in [2.24, 2.45) is 0 Å². The fourth-order valence-corrected chi connectivity index (χ4v) is 1.70. The normalized spacial score (nSPS) is 20.5. The minimum Gasteiger partial charge on any atom is -0.473 e. The summed E-state index contributed by atoms with van der Waals surface area (Å²) in [7, 11) is 3.84. The van der Waals surface area contributed by atoms with Gasteiger partial charge in [-0.1, -0.05) is 0 Å². The second-order valence-corrected chi connectivity index (χ2v) is 4.18. The van der Waals surface area contributed by atoms with Crippen molar-refractivity contribution in [2.45, 2.75) is 18.9 Å². The summed E-state index contributed by atoms with van der Waals surface area (Å²) >= 11 is 0. The zero-order valence-corrected chi connectivity index (χ0v) is 9.81. The third-order valence-corrected chi connectivity index (χ3v) is 2.56. The number of hydrogen-bond acceptors (Lipinski definition) is 5. The Morgan fingerprint density at radius 2 is 2.38 bits per heavy atom. The summed E-state index contributed by atoms with van der Waals surface area (Å²) in [6.07, 6.45) is 4.22. The minimum atomic E-state index is 0.235. The minimum absolute atomic E-state index is 0.235. The molecule has 1 atom stereocenters. The summed E-state index contributed by atoms with van der Waals surface area (Å²) in [6, 6.07) is 1.81. The van der Waals surface area contributed by atoms with Crippen LogP contribution < -0.4 is 15.0 Å². The summed E-state index contributed by atoms with van der Waals surface area (Å²) in [6.45, 7) is 1.99. The largest absolute Gasteiger partial charge is 0.473 e. The van der Waals surface area contributed by atoms with Crippen LogP contribution in [0, 0.1) is 0 Å². The van der Waals surface area contributed by atoms with Crippen LogP contribution >= 0.6 is 0 Å². The van der Waals surface area contributed by atoms with Gasteiger partial charge in [0.15, 0.2) is 0 Å². The predicted molar refractivity (Wildman–Crippen MR) is 62.9 cm³/mol. The predicted octanol–water partition coefficient (Wildman–Crippen LogP) is 0.673. The molecule has 0 aromatic carbocycles. The first-order valence-electron chi connectivity index (χ1n) is 5.63. The third kappa shape index (κ3) is 2.82. The van der Waals surface area contributed by atoms with Gasteiger partial charge in [0.05, 0.1) is 0 Å². The fraction of sp³-hybridized carbons (Fsp3) is 0.636. The molecule has 2 heterocycles. The van der Waals surface area contributed by atoms with Crippen LogP contribution in [-0.2, 0) is 0 Å². The molecule has 2 rings (SSSR count). The molecule has 1 aromatic heterocycles. The maximum Gasteiger partial charge on any atom is 0.228 e. The molecular formula is C11H18N4O. The van der Waals surface area contributed by atoms with E-state index in [4.69, 9.17) is 4.74 Å². The summed E-state index contributed by atoms with van der Waals surface area (Å²) in [5.41, 5.74) is 0. The van der Waals surface area contributed by atoms with Gasteiger partial charge in [0.1, 0.15) is 6.10 Å². The molecule has 0 amide bonds. The van der Waals surface area contributed by atoms with Crippen molar-refractivity contribution in [3.05, 3.63) is 12.3 Å². The first-order valence-corrected chi connectivity index (χ1v) is 5.63. The molecular weight excluding hydrogens is 204 g/mol. The highest BCUT2D eigenvalue weighted by atomic mass is 16.5. The van der Waals surface area contributed by atoms with Gasteiger partial charge in [-0.3, -0.25) is 0 Å². The molecule has 0 spiro atoms.